The number of imidazole rings is 1. The van der Waals surface area contributed by atoms with E-state index in [0.717, 1.165) is 39.7 Å². The Hall–Kier alpha value is -2.68. The molecule has 0 N–H and O–H groups in total. The molecule has 0 saturated heterocycles. The predicted molar refractivity (Wildman–Crippen MR) is 104 cm³/mol. The van der Waals surface area contributed by atoms with Crippen molar-refractivity contribution < 1.29 is 24.8 Å². The zero-order valence-electron chi connectivity index (χ0n) is 15.1. The van der Waals surface area contributed by atoms with E-state index in [1.54, 1.807) is 0 Å². The molecule has 1 radical (unpaired) electrons. The van der Waals surface area contributed by atoms with Gasteiger partial charge in [-0.1, -0.05) is 18.2 Å². The Morgan fingerprint density at radius 2 is 1.59 bits per heavy atom. The SMILES string of the molecule is Cc1cc(Oc2ccccc2)cc(C)c1-n1ccnc1-c1[c-]cccc1.[Ir]. The van der Waals surface area contributed by atoms with E-state index < -0.39 is 0 Å². The molecule has 4 heteroatoms. The summed E-state index contributed by atoms with van der Waals surface area (Å²) in [6, 6.07) is 25.1. The quantitative estimate of drug-likeness (QED) is 0.314. The van der Waals surface area contributed by atoms with Crippen LogP contribution in [0.4, 0.5) is 0 Å². The molecule has 0 fully saturated rings. The second kappa shape index (κ2) is 8.34. The van der Waals surface area contributed by atoms with E-state index in [2.05, 4.69) is 41.6 Å². The summed E-state index contributed by atoms with van der Waals surface area (Å²) < 4.78 is 8.11. The third-order valence-corrected chi connectivity index (χ3v) is 4.28. The first kappa shape index (κ1) is 19.1. The van der Waals surface area contributed by atoms with Crippen molar-refractivity contribution in [2.24, 2.45) is 0 Å². The molecule has 4 rings (SSSR count). The van der Waals surface area contributed by atoms with Gasteiger partial charge in [-0.3, -0.25) is 4.98 Å². The second-order valence-electron chi connectivity index (χ2n) is 6.22. The van der Waals surface area contributed by atoms with E-state index in [4.69, 9.17) is 4.74 Å². The smallest absolute Gasteiger partial charge is 0.128 e. The standard InChI is InChI=1S/C23H19N2O.Ir/c1-17-15-21(26-20-11-7-4-8-12-20)16-18(2)22(17)25-14-13-24-23(25)19-9-5-3-6-10-19;/h3-9,11-16H,1-2H3;/q-1;. The summed E-state index contributed by atoms with van der Waals surface area (Å²) in [5.41, 5.74) is 4.35. The fraction of sp³-hybridized carbons (Fsp3) is 0.0870. The van der Waals surface area contributed by atoms with Gasteiger partial charge in [0.15, 0.2) is 0 Å². The fourth-order valence-electron chi connectivity index (χ4n) is 3.20. The molecule has 0 amide bonds. The van der Waals surface area contributed by atoms with Crippen LogP contribution in [0, 0.1) is 19.9 Å². The van der Waals surface area contributed by atoms with E-state index in [1.165, 1.54) is 0 Å². The van der Waals surface area contributed by atoms with Crippen LogP contribution in [0.1, 0.15) is 11.1 Å². The maximum absolute atomic E-state index is 6.00. The Kier molecular flexibility index (Phi) is 5.90. The minimum atomic E-state index is 0. The van der Waals surface area contributed by atoms with Crippen molar-refractivity contribution >= 4 is 0 Å². The topological polar surface area (TPSA) is 27.1 Å². The number of ether oxygens (including phenoxy) is 1. The van der Waals surface area contributed by atoms with Gasteiger partial charge in [-0.25, -0.2) is 0 Å². The molecule has 3 nitrogen and oxygen atoms in total. The molecule has 0 aliphatic heterocycles. The summed E-state index contributed by atoms with van der Waals surface area (Å²) in [7, 11) is 0. The van der Waals surface area contributed by atoms with Gasteiger partial charge in [-0.15, -0.1) is 35.9 Å². The van der Waals surface area contributed by atoms with E-state index in [-0.39, 0.29) is 20.1 Å². The van der Waals surface area contributed by atoms with Crippen LogP contribution in [-0.2, 0) is 20.1 Å². The molecule has 0 aliphatic rings. The molecule has 3 aromatic carbocycles. The van der Waals surface area contributed by atoms with Gasteiger partial charge in [0.1, 0.15) is 11.5 Å². The van der Waals surface area contributed by atoms with Crippen LogP contribution >= 0.6 is 0 Å². The van der Waals surface area contributed by atoms with E-state index in [0.29, 0.717) is 0 Å². The number of para-hydroxylation sites is 1. The Bertz CT molecular complexity index is 1000. The van der Waals surface area contributed by atoms with Gasteiger partial charge in [0.05, 0.1) is 5.82 Å². The summed E-state index contributed by atoms with van der Waals surface area (Å²) in [4.78, 5) is 4.54. The third kappa shape index (κ3) is 4.02. The zero-order valence-corrected chi connectivity index (χ0v) is 17.5. The largest absolute Gasteiger partial charge is 0.457 e. The van der Waals surface area contributed by atoms with Gasteiger partial charge in [-0.05, 0) is 49.2 Å². The molecule has 0 saturated carbocycles. The number of rotatable bonds is 4. The number of benzene rings is 3. The monoisotopic (exact) mass is 532 g/mol. The molecule has 137 valence electrons. The molecule has 0 unspecified atom stereocenters. The second-order valence-corrected chi connectivity index (χ2v) is 6.22. The number of hydrogen-bond donors (Lipinski definition) is 0. The Labute approximate surface area is 173 Å². The number of hydrogen-bond acceptors (Lipinski definition) is 2. The van der Waals surface area contributed by atoms with Crippen molar-refractivity contribution in [3.63, 3.8) is 0 Å². The summed E-state index contributed by atoms with van der Waals surface area (Å²) in [6.07, 6.45) is 3.81. The van der Waals surface area contributed by atoms with Crippen molar-refractivity contribution in [3.8, 4) is 28.6 Å². The first-order valence-electron chi connectivity index (χ1n) is 8.57. The number of nitrogens with zero attached hydrogens (tertiary/aromatic N) is 2. The van der Waals surface area contributed by atoms with Crippen molar-refractivity contribution in [2.45, 2.75) is 13.8 Å². The summed E-state index contributed by atoms with van der Waals surface area (Å²) in [5.74, 6) is 2.55. The van der Waals surface area contributed by atoms with Crippen LogP contribution in [0.2, 0.25) is 0 Å². The maximum Gasteiger partial charge on any atom is 0.128 e. The van der Waals surface area contributed by atoms with Gasteiger partial charge in [-0.2, -0.15) is 0 Å². The summed E-state index contributed by atoms with van der Waals surface area (Å²) in [6.45, 7) is 4.19. The molecule has 4 aromatic rings. The zero-order chi connectivity index (χ0) is 17.9. The van der Waals surface area contributed by atoms with Crippen molar-refractivity contribution in [1.29, 1.82) is 0 Å². The average molecular weight is 532 g/mol. The molecule has 0 spiro atoms. The van der Waals surface area contributed by atoms with Crippen LogP contribution in [0.3, 0.4) is 0 Å². The normalized spacial score (nSPS) is 10.3. The third-order valence-electron chi connectivity index (χ3n) is 4.28. The van der Waals surface area contributed by atoms with Crippen LogP contribution in [0.5, 0.6) is 11.5 Å². The molecule has 0 aliphatic carbocycles. The van der Waals surface area contributed by atoms with Crippen LogP contribution in [0.15, 0.2) is 79.1 Å². The fourth-order valence-corrected chi connectivity index (χ4v) is 3.20. The summed E-state index contributed by atoms with van der Waals surface area (Å²) in [5, 5.41) is 0. The van der Waals surface area contributed by atoms with E-state index >= 15 is 0 Å². The molecule has 27 heavy (non-hydrogen) atoms. The predicted octanol–water partition coefficient (Wildman–Crippen LogP) is 5.75. The van der Waals surface area contributed by atoms with Crippen molar-refractivity contribution in [1.82, 2.24) is 9.55 Å². The van der Waals surface area contributed by atoms with Gasteiger partial charge in [0, 0.05) is 38.2 Å². The molecule has 1 heterocycles. The Balaban J connectivity index is 0.00000210. The van der Waals surface area contributed by atoms with Gasteiger partial charge < -0.3 is 9.30 Å². The van der Waals surface area contributed by atoms with Gasteiger partial charge in [0.25, 0.3) is 0 Å². The summed E-state index contributed by atoms with van der Waals surface area (Å²) >= 11 is 0. The maximum atomic E-state index is 6.00. The molecule has 0 atom stereocenters. The average Bonchev–Trinajstić information content (AvgIpc) is 3.12. The first-order valence-corrected chi connectivity index (χ1v) is 8.57. The van der Waals surface area contributed by atoms with Crippen molar-refractivity contribution in [3.05, 3.63) is 96.3 Å². The van der Waals surface area contributed by atoms with E-state index in [9.17, 15) is 0 Å². The Morgan fingerprint density at radius 3 is 2.26 bits per heavy atom. The minimum absolute atomic E-state index is 0. The minimum Gasteiger partial charge on any atom is -0.457 e. The van der Waals surface area contributed by atoms with Crippen LogP contribution in [-0.4, -0.2) is 9.55 Å². The van der Waals surface area contributed by atoms with E-state index in [1.807, 2.05) is 67.0 Å². The van der Waals surface area contributed by atoms with Crippen LogP contribution < -0.4 is 4.74 Å². The molecular weight excluding hydrogens is 512 g/mol. The Morgan fingerprint density at radius 1 is 0.889 bits per heavy atom. The first-order chi connectivity index (χ1) is 12.7. The number of aryl methyl sites for hydroxylation is 2. The molecular formula is C23H19IrN2O-. The van der Waals surface area contributed by atoms with Crippen molar-refractivity contribution in [2.75, 3.05) is 0 Å². The molecule has 0 bridgehead atoms. The van der Waals surface area contributed by atoms with Gasteiger partial charge in [0.2, 0.25) is 0 Å². The van der Waals surface area contributed by atoms with Gasteiger partial charge >= 0.3 is 0 Å². The number of aromatic nitrogens is 2. The van der Waals surface area contributed by atoms with Crippen LogP contribution in [0.25, 0.3) is 17.1 Å². The molecule has 1 aromatic heterocycles.